The molecule has 0 heterocycles. The van der Waals surface area contributed by atoms with Gasteiger partial charge in [0.2, 0.25) is 5.91 Å². The summed E-state index contributed by atoms with van der Waals surface area (Å²) in [6, 6.07) is -0.622. The minimum atomic E-state index is -0.839. The van der Waals surface area contributed by atoms with Gasteiger partial charge in [-0.15, -0.1) is 0 Å². The van der Waals surface area contributed by atoms with Gasteiger partial charge >= 0.3 is 5.97 Å². The number of carbonyl (C=O) groups excluding carboxylic acids is 2. The van der Waals surface area contributed by atoms with Crippen LogP contribution in [0.5, 0.6) is 0 Å². The summed E-state index contributed by atoms with van der Waals surface area (Å²) in [5, 5.41) is 23.0. The molecule has 3 N–H and O–H groups in total. The molecule has 0 aromatic rings. The monoisotopic (exact) mass is 1140 g/mol. The van der Waals surface area contributed by atoms with Crippen LogP contribution >= 0.6 is 0 Å². The maximum atomic E-state index is 12.4. The highest BCUT2D eigenvalue weighted by Crippen LogP contribution is 2.19. The predicted octanol–water partition coefficient (Wildman–Crippen LogP) is 23.9. The molecule has 0 spiro atoms. The zero-order chi connectivity index (χ0) is 58.5. The summed E-state index contributed by atoms with van der Waals surface area (Å²) >= 11 is 0. The quantitative estimate of drug-likeness (QED) is 0.0320. The van der Waals surface area contributed by atoms with E-state index in [1.807, 2.05) is 6.08 Å². The number of allylic oxidation sites excluding steroid dienone is 5. The number of esters is 1. The first kappa shape index (κ1) is 79.1. The molecule has 0 saturated heterocycles. The molecule has 1 amide bonds. The van der Waals surface area contributed by atoms with E-state index >= 15 is 0 Å². The Morgan fingerprint density at radius 2 is 0.617 bits per heavy atom. The average molecular weight is 1140 g/mol. The Morgan fingerprint density at radius 1 is 0.346 bits per heavy atom. The number of hydrogen-bond acceptors (Lipinski definition) is 5. The molecule has 6 heteroatoms. The molecule has 0 aliphatic carbocycles. The number of unbranched alkanes of at least 4 members (excludes halogenated alkanes) is 54. The zero-order valence-electron chi connectivity index (χ0n) is 54.8. The van der Waals surface area contributed by atoms with Gasteiger partial charge in [-0.2, -0.15) is 0 Å². The largest absolute Gasteiger partial charge is 0.466 e. The van der Waals surface area contributed by atoms with Gasteiger partial charge in [-0.1, -0.05) is 365 Å². The molecule has 0 aliphatic heterocycles. The van der Waals surface area contributed by atoms with Gasteiger partial charge in [0, 0.05) is 12.8 Å². The molecule has 2 atom stereocenters. The average Bonchev–Trinajstić information content (AvgIpc) is 3.47. The van der Waals surface area contributed by atoms with Crippen LogP contribution in [0.2, 0.25) is 0 Å². The van der Waals surface area contributed by atoms with Crippen molar-refractivity contribution in [2.24, 2.45) is 0 Å². The van der Waals surface area contributed by atoms with Crippen molar-refractivity contribution in [1.82, 2.24) is 5.32 Å². The Hall–Kier alpha value is -1.92. The van der Waals surface area contributed by atoms with Gasteiger partial charge in [-0.3, -0.25) is 9.59 Å². The van der Waals surface area contributed by atoms with Crippen molar-refractivity contribution < 1.29 is 24.5 Å². The molecular weight excluding hydrogens is 995 g/mol. The van der Waals surface area contributed by atoms with Gasteiger partial charge in [-0.05, 0) is 64.2 Å². The van der Waals surface area contributed by atoms with Crippen LogP contribution < -0.4 is 5.32 Å². The Kier molecular flexibility index (Phi) is 68.9. The smallest absolute Gasteiger partial charge is 0.305 e. The summed E-state index contributed by atoms with van der Waals surface area (Å²) in [5.41, 5.74) is 0. The van der Waals surface area contributed by atoms with E-state index in [0.717, 1.165) is 44.9 Å². The highest BCUT2D eigenvalue weighted by molar-refractivity contribution is 5.76. The van der Waals surface area contributed by atoms with Gasteiger partial charge in [0.1, 0.15) is 0 Å². The third kappa shape index (κ3) is 67.1. The van der Waals surface area contributed by atoms with Crippen LogP contribution in [-0.2, 0) is 14.3 Å². The highest BCUT2D eigenvalue weighted by atomic mass is 16.5. The van der Waals surface area contributed by atoms with E-state index in [1.54, 1.807) is 6.08 Å². The molecule has 0 bridgehead atoms. The first-order valence-corrected chi connectivity index (χ1v) is 36.8. The van der Waals surface area contributed by atoms with Crippen molar-refractivity contribution in [2.75, 3.05) is 13.2 Å². The van der Waals surface area contributed by atoms with Gasteiger partial charge in [0.15, 0.2) is 0 Å². The van der Waals surface area contributed by atoms with Crippen LogP contribution in [0.15, 0.2) is 36.5 Å². The van der Waals surface area contributed by atoms with Crippen molar-refractivity contribution in [2.45, 2.75) is 418 Å². The lowest BCUT2D eigenvalue weighted by Crippen LogP contribution is -2.45. The van der Waals surface area contributed by atoms with Gasteiger partial charge in [-0.25, -0.2) is 0 Å². The number of ether oxygens (including phenoxy) is 1. The summed E-state index contributed by atoms with van der Waals surface area (Å²) in [6.07, 6.45) is 91.2. The second-order valence-corrected chi connectivity index (χ2v) is 25.3. The zero-order valence-corrected chi connectivity index (χ0v) is 54.8. The molecule has 0 aromatic carbocycles. The lowest BCUT2D eigenvalue weighted by molar-refractivity contribution is -0.143. The number of carbonyl (C=O) groups is 2. The van der Waals surface area contributed by atoms with Gasteiger partial charge in [0.05, 0.1) is 25.4 Å². The van der Waals surface area contributed by atoms with Gasteiger partial charge in [0.25, 0.3) is 0 Å². The molecule has 0 aromatic heterocycles. The molecule has 6 nitrogen and oxygen atoms in total. The van der Waals surface area contributed by atoms with Crippen molar-refractivity contribution in [3.63, 3.8) is 0 Å². The Bertz CT molecular complexity index is 1310. The first-order chi connectivity index (χ1) is 40.0. The topological polar surface area (TPSA) is 95.9 Å². The predicted molar refractivity (Wildman–Crippen MR) is 356 cm³/mol. The summed E-state index contributed by atoms with van der Waals surface area (Å²) in [6.45, 7) is 4.89. The third-order valence-corrected chi connectivity index (χ3v) is 17.2. The minimum absolute atomic E-state index is 0.0189. The maximum Gasteiger partial charge on any atom is 0.305 e. The summed E-state index contributed by atoms with van der Waals surface area (Å²) in [7, 11) is 0. The highest BCUT2D eigenvalue weighted by Gasteiger charge is 2.18. The Balaban J connectivity index is 3.28. The second kappa shape index (κ2) is 70.6. The number of aliphatic hydroxyl groups is 2. The van der Waals surface area contributed by atoms with E-state index in [4.69, 9.17) is 4.74 Å². The summed E-state index contributed by atoms with van der Waals surface area (Å²) < 4.78 is 5.51. The van der Waals surface area contributed by atoms with Crippen LogP contribution in [0.1, 0.15) is 406 Å². The SMILES string of the molecule is CCCCC/C=C\C/C=C\CCCCCCCCCCCC(=O)OCCCCCCCCCCCCCCCCCCCCCCCCCCCCCCCCCCCCCC(=O)NC(CO)C(O)/C=C/CCCCCCCCCC. The van der Waals surface area contributed by atoms with Crippen molar-refractivity contribution in [3.05, 3.63) is 36.5 Å². The number of aliphatic hydroxyl groups excluding tert-OH is 2. The van der Waals surface area contributed by atoms with E-state index in [1.165, 1.54) is 334 Å². The van der Waals surface area contributed by atoms with Crippen LogP contribution in [0, 0.1) is 0 Å². The Morgan fingerprint density at radius 3 is 0.963 bits per heavy atom. The van der Waals surface area contributed by atoms with Gasteiger partial charge < -0.3 is 20.3 Å². The fourth-order valence-corrected chi connectivity index (χ4v) is 11.6. The minimum Gasteiger partial charge on any atom is -0.466 e. The lowest BCUT2D eigenvalue weighted by Gasteiger charge is -2.20. The molecule has 0 aliphatic rings. The molecular formula is C75H143NO5. The fourth-order valence-electron chi connectivity index (χ4n) is 11.6. The maximum absolute atomic E-state index is 12.4. The number of rotatable bonds is 69. The van der Waals surface area contributed by atoms with Crippen LogP contribution in [0.25, 0.3) is 0 Å². The second-order valence-electron chi connectivity index (χ2n) is 25.3. The molecule has 0 rings (SSSR count). The molecule has 0 fully saturated rings. The first-order valence-electron chi connectivity index (χ1n) is 36.8. The van der Waals surface area contributed by atoms with E-state index < -0.39 is 12.1 Å². The lowest BCUT2D eigenvalue weighted by atomic mass is 10.0. The summed E-state index contributed by atoms with van der Waals surface area (Å²) in [5.74, 6) is -0.0441. The van der Waals surface area contributed by atoms with E-state index in [2.05, 4.69) is 43.5 Å². The molecule has 81 heavy (non-hydrogen) atoms. The van der Waals surface area contributed by atoms with E-state index in [9.17, 15) is 19.8 Å². The van der Waals surface area contributed by atoms with Crippen LogP contribution in [0.3, 0.4) is 0 Å². The number of amides is 1. The molecule has 0 radical (unpaired) electrons. The fraction of sp³-hybridized carbons (Fsp3) is 0.893. The third-order valence-electron chi connectivity index (χ3n) is 17.2. The molecule has 0 saturated carbocycles. The Labute approximate surface area is 506 Å². The van der Waals surface area contributed by atoms with Crippen molar-refractivity contribution in [1.29, 1.82) is 0 Å². The van der Waals surface area contributed by atoms with Crippen LogP contribution in [-0.4, -0.2) is 47.4 Å². The number of hydrogen-bond donors (Lipinski definition) is 3. The summed E-state index contributed by atoms with van der Waals surface area (Å²) in [4.78, 5) is 24.5. The standard InChI is InChI=1S/C75H143NO5/c1-3-5-7-9-11-13-15-16-17-18-36-40-43-46-49-53-57-61-65-69-75(80)81-70-66-62-58-54-50-47-44-41-38-35-33-31-29-27-25-23-21-19-20-22-24-26-28-30-32-34-37-39-42-45-48-52-56-60-64-68-74(79)76-72(71-77)73(78)67-63-59-55-51-14-12-10-8-6-4-2/h11,13,16-17,63,67,72-73,77-78H,3-10,12,14-15,18-62,64-66,68-71H2,1-2H3,(H,76,79)/b13-11-,17-16-,67-63+. The van der Waals surface area contributed by atoms with Crippen LogP contribution in [0.4, 0.5) is 0 Å². The molecule has 2 unspecified atom stereocenters. The molecule has 478 valence electrons. The number of nitrogens with one attached hydrogen (secondary N) is 1. The van der Waals surface area contributed by atoms with E-state index in [-0.39, 0.29) is 18.5 Å². The van der Waals surface area contributed by atoms with Crippen molar-refractivity contribution >= 4 is 11.9 Å². The normalized spacial score (nSPS) is 12.7. The van der Waals surface area contributed by atoms with Crippen molar-refractivity contribution in [3.8, 4) is 0 Å². The van der Waals surface area contributed by atoms with E-state index in [0.29, 0.717) is 19.4 Å².